The third-order valence-corrected chi connectivity index (χ3v) is 3.24. The SMILES string of the molecule is COC(C)[C@H]1O[C@@H](n2ccc(N)nc2=O)[C@@H](O)[C@@H]1O. The van der Waals surface area contributed by atoms with Gasteiger partial charge in [-0.2, -0.15) is 4.98 Å². The van der Waals surface area contributed by atoms with Gasteiger partial charge in [-0.25, -0.2) is 4.79 Å². The predicted molar refractivity (Wildman–Crippen MR) is 65.3 cm³/mol. The molecule has 0 radical (unpaired) electrons. The number of ether oxygens (including phenoxy) is 2. The number of nitrogen functional groups attached to an aromatic ring is 1. The van der Waals surface area contributed by atoms with Crippen molar-refractivity contribution in [3.63, 3.8) is 0 Å². The van der Waals surface area contributed by atoms with E-state index in [2.05, 4.69) is 4.98 Å². The van der Waals surface area contributed by atoms with Crippen LogP contribution in [-0.2, 0) is 9.47 Å². The first-order valence-corrected chi connectivity index (χ1v) is 5.84. The molecule has 5 atom stereocenters. The minimum absolute atomic E-state index is 0.0797. The molecule has 19 heavy (non-hydrogen) atoms. The quantitative estimate of drug-likeness (QED) is 0.610. The maximum atomic E-state index is 11.7. The summed E-state index contributed by atoms with van der Waals surface area (Å²) in [6.07, 6.45) is -3.19. The molecule has 0 spiro atoms. The molecule has 0 saturated carbocycles. The van der Waals surface area contributed by atoms with E-state index in [1.165, 1.54) is 19.4 Å². The molecule has 0 bridgehead atoms. The highest BCUT2D eigenvalue weighted by Gasteiger charge is 2.46. The molecule has 2 heterocycles. The van der Waals surface area contributed by atoms with Crippen LogP contribution < -0.4 is 11.4 Å². The Morgan fingerprint density at radius 2 is 2.21 bits per heavy atom. The van der Waals surface area contributed by atoms with E-state index in [0.717, 1.165) is 4.57 Å². The van der Waals surface area contributed by atoms with Crippen LogP contribution in [0.5, 0.6) is 0 Å². The van der Waals surface area contributed by atoms with Crippen LogP contribution in [0.3, 0.4) is 0 Å². The van der Waals surface area contributed by atoms with Gasteiger partial charge in [-0.3, -0.25) is 4.57 Å². The van der Waals surface area contributed by atoms with Crippen molar-refractivity contribution < 1.29 is 19.7 Å². The number of nitrogens with two attached hydrogens (primary N) is 1. The smallest absolute Gasteiger partial charge is 0.351 e. The third-order valence-electron chi connectivity index (χ3n) is 3.24. The van der Waals surface area contributed by atoms with Gasteiger partial charge in [-0.05, 0) is 13.0 Å². The average molecular weight is 271 g/mol. The second-order valence-electron chi connectivity index (χ2n) is 4.46. The average Bonchev–Trinajstić information content (AvgIpc) is 2.66. The molecule has 0 aliphatic carbocycles. The summed E-state index contributed by atoms with van der Waals surface area (Å²) in [7, 11) is 1.47. The van der Waals surface area contributed by atoms with E-state index in [0.29, 0.717) is 0 Å². The number of hydrogen-bond donors (Lipinski definition) is 3. The van der Waals surface area contributed by atoms with Crippen molar-refractivity contribution in [1.29, 1.82) is 0 Å². The fourth-order valence-corrected chi connectivity index (χ4v) is 2.06. The van der Waals surface area contributed by atoms with Gasteiger partial charge in [0, 0.05) is 13.3 Å². The Kier molecular flexibility index (Phi) is 3.85. The van der Waals surface area contributed by atoms with Gasteiger partial charge in [0.1, 0.15) is 24.1 Å². The molecule has 0 amide bonds. The molecule has 1 unspecified atom stereocenters. The molecule has 106 valence electrons. The summed E-state index contributed by atoms with van der Waals surface area (Å²) >= 11 is 0. The summed E-state index contributed by atoms with van der Waals surface area (Å²) in [5, 5.41) is 19.9. The Balaban J connectivity index is 2.29. The largest absolute Gasteiger partial charge is 0.387 e. The Bertz CT molecular complexity index is 505. The van der Waals surface area contributed by atoms with Crippen molar-refractivity contribution in [2.75, 3.05) is 12.8 Å². The summed E-state index contributed by atoms with van der Waals surface area (Å²) in [5.74, 6) is 0.0797. The third kappa shape index (κ3) is 2.47. The van der Waals surface area contributed by atoms with Crippen LogP contribution in [0.2, 0.25) is 0 Å². The van der Waals surface area contributed by atoms with Gasteiger partial charge < -0.3 is 25.4 Å². The van der Waals surface area contributed by atoms with Crippen LogP contribution in [-0.4, -0.2) is 51.3 Å². The number of aromatic nitrogens is 2. The van der Waals surface area contributed by atoms with Crippen LogP contribution in [0.15, 0.2) is 17.1 Å². The van der Waals surface area contributed by atoms with E-state index >= 15 is 0 Å². The number of nitrogens with zero attached hydrogens (tertiary/aromatic N) is 2. The second kappa shape index (κ2) is 5.25. The molecule has 2 rings (SSSR count). The maximum absolute atomic E-state index is 11.7. The molecular weight excluding hydrogens is 254 g/mol. The number of aliphatic hydroxyl groups excluding tert-OH is 2. The minimum atomic E-state index is -1.24. The molecule has 1 aliphatic heterocycles. The van der Waals surface area contributed by atoms with Crippen molar-refractivity contribution in [2.45, 2.75) is 37.6 Å². The highest BCUT2D eigenvalue weighted by atomic mass is 16.6. The lowest BCUT2D eigenvalue weighted by Gasteiger charge is -2.20. The van der Waals surface area contributed by atoms with E-state index < -0.39 is 36.3 Å². The zero-order valence-electron chi connectivity index (χ0n) is 10.6. The summed E-state index contributed by atoms with van der Waals surface area (Å²) in [4.78, 5) is 15.2. The van der Waals surface area contributed by atoms with Crippen LogP contribution in [0.1, 0.15) is 13.2 Å². The van der Waals surface area contributed by atoms with Crippen molar-refractivity contribution in [2.24, 2.45) is 0 Å². The van der Waals surface area contributed by atoms with Gasteiger partial charge in [0.15, 0.2) is 6.23 Å². The number of methoxy groups -OCH3 is 1. The van der Waals surface area contributed by atoms with Crippen LogP contribution in [0.4, 0.5) is 5.82 Å². The molecule has 1 aromatic heterocycles. The van der Waals surface area contributed by atoms with Crippen LogP contribution >= 0.6 is 0 Å². The monoisotopic (exact) mass is 271 g/mol. The minimum Gasteiger partial charge on any atom is -0.387 e. The first-order valence-electron chi connectivity index (χ1n) is 5.84. The van der Waals surface area contributed by atoms with E-state index in [4.69, 9.17) is 15.2 Å². The molecule has 1 aliphatic rings. The molecular formula is C11H17N3O5. The maximum Gasteiger partial charge on any atom is 0.351 e. The normalized spacial score (nSPS) is 32.4. The summed E-state index contributed by atoms with van der Waals surface area (Å²) in [6.45, 7) is 1.70. The van der Waals surface area contributed by atoms with Gasteiger partial charge in [-0.15, -0.1) is 0 Å². The Hall–Kier alpha value is -1.48. The van der Waals surface area contributed by atoms with Crippen LogP contribution in [0.25, 0.3) is 0 Å². The van der Waals surface area contributed by atoms with Gasteiger partial charge in [-0.1, -0.05) is 0 Å². The lowest BCUT2D eigenvalue weighted by Crippen LogP contribution is -2.38. The summed E-state index contributed by atoms with van der Waals surface area (Å²) in [5.41, 5.74) is 4.74. The van der Waals surface area contributed by atoms with Crippen molar-refractivity contribution in [3.05, 3.63) is 22.7 Å². The van der Waals surface area contributed by atoms with E-state index in [-0.39, 0.29) is 5.82 Å². The lowest BCUT2D eigenvalue weighted by molar-refractivity contribution is -0.0914. The number of hydrogen-bond acceptors (Lipinski definition) is 7. The molecule has 8 heteroatoms. The van der Waals surface area contributed by atoms with Crippen molar-refractivity contribution in [1.82, 2.24) is 9.55 Å². The number of aliphatic hydroxyl groups is 2. The van der Waals surface area contributed by atoms with Crippen molar-refractivity contribution >= 4 is 5.82 Å². The van der Waals surface area contributed by atoms with E-state index in [1.807, 2.05) is 0 Å². The highest BCUT2D eigenvalue weighted by Crippen LogP contribution is 2.30. The van der Waals surface area contributed by atoms with Gasteiger partial charge in [0.05, 0.1) is 6.10 Å². The summed E-state index contributed by atoms with van der Waals surface area (Å²) < 4.78 is 11.7. The highest BCUT2D eigenvalue weighted by molar-refractivity contribution is 5.23. The number of anilines is 1. The molecule has 1 fully saturated rings. The van der Waals surface area contributed by atoms with Crippen LogP contribution in [0, 0.1) is 0 Å². The second-order valence-corrected chi connectivity index (χ2v) is 4.46. The first-order chi connectivity index (χ1) is 8.95. The topological polar surface area (TPSA) is 120 Å². The number of rotatable bonds is 3. The fraction of sp³-hybridized carbons (Fsp3) is 0.636. The lowest BCUT2D eigenvalue weighted by atomic mass is 10.1. The van der Waals surface area contributed by atoms with Gasteiger partial charge in [0.25, 0.3) is 0 Å². The fourth-order valence-electron chi connectivity index (χ4n) is 2.06. The van der Waals surface area contributed by atoms with E-state index in [9.17, 15) is 15.0 Å². The Labute approximate surface area is 109 Å². The van der Waals surface area contributed by atoms with E-state index in [1.54, 1.807) is 6.92 Å². The standard InChI is InChI=1S/C11H17N3O5/c1-5(18-2)9-7(15)8(16)10(19-9)14-4-3-6(12)13-11(14)17/h3-5,7-10,15-16H,1-2H3,(H2,12,13,17)/t5?,7-,8-,9+,10+/m0/s1. The molecule has 0 aromatic carbocycles. The zero-order chi connectivity index (χ0) is 14.2. The molecule has 1 saturated heterocycles. The van der Waals surface area contributed by atoms with Crippen molar-refractivity contribution in [3.8, 4) is 0 Å². The van der Waals surface area contributed by atoms with Gasteiger partial charge in [0.2, 0.25) is 0 Å². The van der Waals surface area contributed by atoms with Gasteiger partial charge >= 0.3 is 5.69 Å². The predicted octanol–water partition coefficient (Wildman–Crippen LogP) is -1.52. The molecule has 1 aromatic rings. The molecule has 4 N–H and O–H groups in total. The first kappa shape index (κ1) is 13.9. The zero-order valence-corrected chi connectivity index (χ0v) is 10.6. The summed E-state index contributed by atoms with van der Waals surface area (Å²) in [6, 6.07) is 1.41. The Morgan fingerprint density at radius 1 is 1.53 bits per heavy atom. The Morgan fingerprint density at radius 3 is 2.79 bits per heavy atom. The molecule has 8 nitrogen and oxygen atoms in total.